The molecule has 0 aliphatic heterocycles. The van der Waals surface area contributed by atoms with Crippen LogP contribution in [-0.2, 0) is 17.6 Å². The Morgan fingerprint density at radius 3 is 3.00 bits per heavy atom. The van der Waals surface area contributed by atoms with Crippen molar-refractivity contribution in [2.24, 2.45) is 0 Å². The number of carboxylic acid groups (broad SMARTS) is 1. The molecule has 0 amide bonds. The quantitative estimate of drug-likeness (QED) is 0.832. The minimum Gasteiger partial charge on any atom is -0.481 e. The fraction of sp³-hybridized carbons (Fsp3) is 0.273. The smallest absolute Gasteiger partial charge is 0.307 e. The predicted octanol–water partition coefficient (Wildman–Crippen LogP) is 2.02. The first-order chi connectivity index (χ1) is 7.20. The van der Waals surface area contributed by atoms with Crippen LogP contribution in [0.4, 0.5) is 0 Å². The number of aliphatic carboxylic acids is 1. The summed E-state index contributed by atoms with van der Waals surface area (Å²) in [4.78, 5) is 10.5. The largest absolute Gasteiger partial charge is 0.481 e. The first kappa shape index (κ1) is 9.71. The maximum atomic E-state index is 10.5. The minimum absolute atomic E-state index is 0.0120. The number of hydrogen-bond acceptors (Lipinski definition) is 3. The van der Waals surface area contributed by atoms with Gasteiger partial charge in [0.15, 0.2) is 5.58 Å². The van der Waals surface area contributed by atoms with Crippen molar-refractivity contribution >= 4 is 16.9 Å². The van der Waals surface area contributed by atoms with Gasteiger partial charge in [-0.2, -0.15) is 0 Å². The highest BCUT2D eigenvalue weighted by Crippen LogP contribution is 2.20. The lowest BCUT2D eigenvalue weighted by Gasteiger charge is -1.95. The number of benzene rings is 1. The van der Waals surface area contributed by atoms with Crippen LogP contribution in [0.5, 0.6) is 0 Å². The van der Waals surface area contributed by atoms with Crippen LogP contribution in [0.1, 0.15) is 18.2 Å². The van der Waals surface area contributed by atoms with E-state index < -0.39 is 5.97 Å². The highest BCUT2D eigenvalue weighted by atomic mass is 16.5. The Labute approximate surface area is 86.5 Å². The lowest BCUT2D eigenvalue weighted by molar-refractivity contribution is -0.136. The Bertz CT molecular complexity index is 502. The van der Waals surface area contributed by atoms with Gasteiger partial charge < -0.3 is 9.63 Å². The summed E-state index contributed by atoms with van der Waals surface area (Å²) >= 11 is 0. The van der Waals surface area contributed by atoms with E-state index in [1.54, 1.807) is 12.1 Å². The Morgan fingerprint density at radius 2 is 2.33 bits per heavy atom. The van der Waals surface area contributed by atoms with E-state index in [1.165, 1.54) is 0 Å². The number of rotatable bonds is 3. The van der Waals surface area contributed by atoms with E-state index in [9.17, 15) is 4.79 Å². The van der Waals surface area contributed by atoms with Crippen LogP contribution in [0.25, 0.3) is 11.0 Å². The van der Waals surface area contributed by atoms with Crippen molar-refractivity contribution in [3.63, 3.8) is 0 Å². The maximum Gasteiger partial charge on any atom is 0.307 e. The molecule has 0 aliphatic rings. The number of aromatic nitrogens is 1. The van der Waals surface area contributed by atoms with Crippen LogP contribution in [0, 0.1) is 0 Å². The fourth-order valence-electron chi connectivity index (χ4n) is 1.57. The molecule has 0 aliphatic carbocycles. The monoisotopic (exact) mass is 205 g/mol. The Kier molecular flexibility index (Phi) is 2.41. The van der Waals surface area contributed by atoms with Gasteiger partial charge in [-0.3, -0.25) is 4.79 Å². The molecule has 2 aromatic rings. The van der Waals surface area contributed by atoms with Crippen molar-refractivity contribution in [2.45, 2.75) is 19.8 Å². The molecule has 0 radical (unpaired) electrons. The summed E-state index contributed by atoms with van der Waals surface area (Å²) in [7, 11) is 0. The summed E-state index contributed by atoms with van der Waals surface area (Å²) in [5.41, 5.74) is 2.30. The van der Waals surface area contributed by atoms with Crippen molar-refractivity contribution in [2.75, 3.05) is 0 Å². The first-order valence-corrected chi connectivity index (χ1v) is 4.79. The Balaban J connectivity index is 2.44. The summed E-state index contributed by atoms with van der Waals surface area (Å²) in [6, 6.07) is 5.39. The van der Waals surface area contributed by atoms with Crippen molar-refractivity contribution in [3.8, 4) is 0 Å². The van der Waals surface area contributed by atoms with E-state index in [2.05, 4.69) is 5.16 Å². The molecule has 1 N–H and O–H groups in total. The zero-order chi connectivity index (χ0) is 10.8. The second-order valence-electron chi connectivity index (χ2n) is 3.38. The molecule has 4 nitrogen and oxygen atoms in total. The van der Waals surface area contributed by atoms with Crippen molar-refractivity contribution in [1.29, 1.82) is 0 Å². The molecule has 4 heteroatoms. The average Bonchev–Trinajstić information content (AvgIpc) is 2.58. The van der Waals surface area contributed by atoms with E-state index in [1.807, 2.05) is 13.0 Å². The van der Waals surface area contributed by atoms with Crippen molar-refractivity contribution in [1.82, 2.24) is 5.16 Å². The summed E-state index contributed by atoms with van der Waals surface area (Å²) in [5, 5.41) is 13.5. The van der Waals surface area contributed by atoms with Gasteiger partial charge in [-0.25, -0.2) is 0 Å². The zero-order valence-electron chi connectivity index (χ0n) is 8.36. The third-order valence-electron chi connectivity index (χ3n) is 2.30. The number of carboxylic acids is 1. The molecular weight excluding hydrogens is 194 g/mol. The number of aryl methyl sites for hydroxylation is 1. The molecule has 0 unspecified atom stereocenters. The molecule has 0 saturated heterocycles. The van der Waals surface area contributed by atoms with Crippen LogP contribution in [0.3, 0.4) is 0 Å². The van der Waals surface area contributed by atoms with E-state index >= 15 is 0 Å². The second kappa shape index (κ2) is 3.73. The van der Waals surface area contributed by atoms with E-state index in [4.69, 9.17) is 9.63 Å². The topological polar surface area (TPSA) is 63.3 Å². The van der Waals surface area contributed by atoms with Gasteiger partial charge in [-0.15, -0.1) is 0 Å². The van der Waals surface area contributed by atoms with Crippen LogP contribution in [-0.4, -0.2) is 16.2 Å². The number of fused-ring (bicyclic) bond motifs is 1. The first-order valence-electron chi connectivity index (χ1n) is 4.79. The normalized spacial score (nSPS) is 10.7. The Hall–Kier alpha value is -1.84. The van der Waals surface area contributed by atoms with E-state index in [0.717, 1.165) is 23.1 Å². The highest BCUT2D eigenvalue weighted by molar-refractivity contribution is 5.81. The zero-order valence-corrected chi connectivity index (χ0v) is 8.36. The standard InChI is InChI=1S/C11H11NO3/c1-2-9-8-4-3-7(6-11(13)14)5-10(8)15-12-9/h3-5H,2,6H2,1H3,(H,13,14). The molecular formula is C11H11NO3. The Morgan fingerprint density at radius 1 is 1.53 bits per heavy atom. The molecule has 0 atom stereocenters. The van der Waals surface area contributed by atoms with E-state index in [-0.39, 0.29) is 6.42 Å². The SMILES string of the molecule is CCc1noc2cc(CC(=O)O)ccc12. The van der Waals surface area contributed by atoms with Gasteiger partial charge in [0.1, 0.15) is 0 Å². The molecule has 0 saturated carbocycles. The van der Waals surface area contributed by atoms with Gasteiger partial charge >= 0.3 is 5.97 Å². The van der Waals surface area contributed by atoms with Gasteiger partial charge in [0, 0.05) is 5.39 Å². The van der Waals surface area contributed by atoms with Crippen LogP contribution < -0.4 is 0 Å². The van der Waals surface area contributed by atoms with Gasteiger partial charge in [0.05, 0.1) is 12.1 Å². The van der Waals surface area contributed by atoms with Crippen molar-refractivity contribution < 1.29 is 14.4 Å². The molecule has 2 rings (SSSR count). The predicted molar refractivity (Wildman–Crippen MR) is 54.7 cm³/mol. The summed E-state index contributed by atoms with van der Waals surface area (Å²) in [6.45, 7) is 2.00. The number of nitrogens with zero attached hydrogens (tertiary/aromatic N) is 1. The molecule has 1 aromatic heterocycles. The van der Waals surface area contributed by atoms with E-state index in [0.29, 0.717) is 5.58 Å². The number of carbonyl (C=O) groups is 1. The number of hydrogen-bond donors (Lipinski definition) is 1. The second-order valence-corrected chi connectivity index (χ2v) is 3.38. The molecule has 0 spiro atoms. The third kappa shape index (κ3) is 1.83. The van der Waals surface area contributed by atoms with Crippen LogP contribution in [0.15, 0.2) is 22.7 Å². The van der Waals surface area contributed by atoms with Crippen LogP contribution >= 0.6 is 0 Å². The third-order valence-corrected chi connectivity index (χ3v) is 2.30. The lowest BCUT2D eigenvalue weighted by Crippen LogP contribution is -1.99. The van der Waals surface area contributed by atoms with Gasteiger partial charge in [-0.05, 0) is 24.1 Å². The van der Waals surface area contributed by atoms with Gasteiger partial charge in [0.2, 0.25) is 0 Å². The average molecular weight is 205 g/mol. The molecule has 1 heterocycles. The molecule has 15 heavy (non-hydrogen) atoms. The van der Waals surface area contributed by atoms with Gasteiger partial charge in [0.25, 0.3) is 0 Å². The minimum atomic E-state index is -0.843. The molecule has 78 valence electrons. The summed E-state index contributed by atoms with van der Waals surface area (Å²) in [5.74, 6) is -0.843. The van der Waals surface area contributed by atoms with Crippen molar-refractivity contribution in [3.05, 3.63) is 29.5 Å². The lowest BCUT2D eigenvalue weighted by atomic mass is 10.1. The fourth-order valence-corrected chi connectivity index (χ4v) is 1.57. The highest BCUT2D eigenvalue weighted by Gasteiger charge is 2.08. The van der Waals surface area contributed by atoms with Gasteiger partial charge in [-0.1, -0.05) is 18.1 Å². The molecule has 0 bridgehead atoms. The molecule has 0 fully saturated rings. The maximum absolute atomic E-state index is 10.5. The van der Waals surface area contributed by atoms with Crippen LogP contribution in [0.2, 0.25) is 0 Å². The summed E-state index contributed by atoms with van der Waals surface area (Å²) < 4.78 is 5.12. The summed E-state index contributed by atoms with van der Waals surface area (Å²) in [6.07, 6.45) is 0.823. The molecule has 1 aromatic carbocycles.